The molecule has 2 heterocycles. The van der Waals surface area contributed by atoms with Gasteiger partial charge in [-0.15, -0.1) is 0 Å². The molecule has 8 nitrogen and oxygen atoms in total. The van der Waals surface area contributed by atoms with Crippen molar-refractivity contribution < 1.29 is 14.3 Å². The van der Waals surface area contributed by atoms with Gasteiger partial charge in [0.05, 0.1) is 12.2 Å². The molecule has 0 aliphatic carbocycles. The van der Waals surface area contributed by atoms with Gasteiger partial charge >= 0.3 is 5.97 Å². The van der Waals surface area contributed by atoms with Crippen LogP contribution in [0.1, 0.15) is 54.1 Å². The number of fused-ring (bicyclic) bond motifs is 1. The van der Waals surface area contributed by atoms with Crippen LogP contribution in [0.15, 0.2) is 47.7 Å². The maximum absolute atomic E-state index is 12.9. The van der Waals surface area contributed by atoms with E-state index in [2.05, 4.69) is 53.7 Å². The molecule has 1 aromatic heterocycles. The summed E-state index contributed by atoms with van der Waals surface area (Å²) < 4.78 is 13.1. The predicted octanol–water partition coefficient (Wildman–Crippen LogP) is 4.42. The number of aryl methyl sites for hydroxylation is 3. The summed E-state index contributed by atoms with van der Waals surface area (Å²) in [5.41, 5.74) is 6.94. The summed E-state index contributed by atoms with van der Waals surface area (Å²) in [4.78, 5) is 12.9. The van der Waals surface area contributed by atoms with Gasteiger partial charge in [-0.2, -0.15) is 4.68 Å². The molecule has 4 rings (SSSR count). The van der Waals surface area contributed by atoms with Gasteiger partial charge in [0.25, 0.3) is 0 Å². The molecule has 0 spiro atoms. The molecule has 2 aromatic carbocycles. The molecular weight excluding hydrogens is 418 g/mol. The van der Waals surface area contributed by atoms with Gasteiger partial charge in [-0.25, -0.2) is 4.79 Å². The number of nitrogens with one attached hydrogen (secondary N) is 1. The average molecular weight is 448 g/mol. The Morgan fingerprint density at radius 1 is 1.06 bits per heavy atom. The molecular formula is C25H29N5O3. The van der Waals surface area contributed by atoms with E-state index < -0.39 is 6.04 Å². The van der Waals surface area contributed by atoms with E-state index in [9.17, 15) is 4.79 Å². The van der Waals surface area contributed by atoms with Crippen LogP contribution in [-0.4, -0.2) is 32.8 Å². The highest BCUT2D eigenvalue weighted by Crippen LogP contribution is 2.35. The van der Waals surface area contributed by atoms with Crippen molar-refractivity contribution in [3.05, 3.63) is 75.5 Å². The first-order chi connectivity index (χ1) is 15.9. The summed E-state index contributed by atoms with van der Waals surface area (Å²) in [5, 5.41) is 15.0. The van der Waals surface area contributed by atoms with E-state index in [1.807, 2.05) is 38.1 Å². The van der Waals surface area contributed by atoms with Crippen LogP contribution in [0.25, 0.3) is 0 Å². The van der Waals surface area contributed by atoms with Gasteiger partial charge in [0.1, 0.15) is 18.4 Å². The van der Waals surface area contributed by atoms with Crippen LogP contribution in [0.2, 0.25) is 0 Å². The number of esters is 1. The number of tetrazole rings is 1. The molecule has 0 fully saturated rings. The summed E-state index contributed by atoms with van der Waals surface area (Å²) in [6.07, 6.45) is 0.748. The average Bonchev–Trinajstić information content (AvgIpc) is 3.26. The van der Waals surface area contributed by atoms with E-state index in [1.54, 1.807) is 4.68 Å². The number of aromatic nitrogens is 4. The Kier molecular flexibility index (Phi) is 6.44. The summed E-state index contributed by atoms with van der Waals surface area (Å²) in [6, 6.07) is 11.6. The molecule has 0 amide bonds. The van der Waals surface area contributed by atoms with E-state index in [4.69, 9.17) is 9.47 Å². The van der Waals surface area contributed by atoms with Gasteiger partial charge in [0.2, 0.25) is 5.95 Å². The second kappa shape index (κ2) is 9.44. The minimum atomic E-state index is -0.489. The summed E-state index contributed by atoms with van der Waals surface area (Å²) in [7, 11) is 0. The molecule has 1 unspecified atom stereocenters. The lowest BCUT2D eigenvalue weighted by Crippen LogP contribution is -2.29. The Morgan fingerprint density at radius 3 is 2.52 bits per heavy atom. The van der Waals surface area contributed by atoms with Crippen LogP contribution < -0.4 is 10.1 Å². The lowest BCUT2D eigenvalue weighted by molar-refractivity contribution is -0.139. The summed E-state index contributed by atoms with van der Waals surface area (Å²) >= 11 is 0. The van der Waals surface area contributed by atoms with E-state index >= 15 is 0 Å². The molecule has 33 heavy (non-hydrogen) atoms. The van der Waals surface area contributed by atoms with Gasteiger partial charge in [-0.1, -0.05) is 36.3 Å². The fraction of sp³-hybridized carbons (Fsp3) is 0.360. The van der Waals surface area contributed by atoms with Crippen molar-refractivity contribution in [2.45, 2.75) is 53.7 Å². The Labute approximate surface area is 193 Å². The molecule has 1 aliphatic heterocycles. The van der Waals surface area contributed by atoms with Crippen LogP contribution in [0.5, 0.6) is 5.75 Å². The molecule has 0 radical (unpaired) electrons. The van der Waals surface area contributed by atoms with E-state index in [0.29, 0.717) is 30.4 Å². The monoisotopic (exact) mass is 447 g/mol. The smallest absolute Gasteiger partial charge is 0.338 e. The zero-order valence-electron chi connectivity index (χ0n) is 19.7. The summed E-state index contributed by atoms with van der Waals surface area (Å²) in [6.45, 7) is 11.0. The highest BCUT2D eigenvalue weighted by Gasteiger charge is 2.34. The van der Waals surface area contributed by atoms with Gasteiger partial charge in [0.15, 0.2) is 0 Å². The SMILES string of the molecule is CCCOC(=O)C1=C(C)Nc2nnnn2C1c1ccc(OCc2cc(C)c(C)cc2C)cc1. The van der Waals surface area contributed by atoms with Crippen LogP contribution in [0.4, 0.5) is 5.95 Å². The number of carbonyl (C=O) groups excluding carboxylic acids is 1. The molecule has 172 valence electrons. The second-order valence-corrected chi connectivity index (χ2v) is 8.37. The molecule has 1 N–H and O–H groups in total. The van der Waals surface area contributed by atoms with Crippen molar-refractivity contribution in [1.82, 2.24) is 20.2 Å². The molecule has 1 atom stereocenters. The number of carbonyl (C=O) groups is 1. The van der Waals surface area contributed by atoms with Gasteiger partial charge in [0, 0.05) is 5.70 Å². The number of rotatable bonds is 7. The third kappa shape index (κ3) is 4.60. The van der Waals surface area contributed by atoms with E-state index in [0.717, 1.165) is 17.7 Å². The third-order valence-corrected chi connectivity index (χ3v) is 5.91. The first kappa shape index (κ1) is 22.5. The molecule has 8 heteroatoms. The number of benzene rings is 2. The van der Waals surface area contributed by atoms with Crippen LogP contribution in [0.3, 0.4) is 0 Å². The highest BCUT2D eigenvalue weighted by molar-refractivity contribution is 5.92. The Balaban J connectivity index is 1.58. The van der Waals surface area contributed by atoms with Crippen LogP contribution in [-0.2, 0) is 16.1 Å². The molecule has 0 saturated carbocycles. The molecule has 0 bridgehead atoms. The first-order valence-electron chi connectivity index (χ1n) is 11.1. The zero-order chi connectivity index (χ0) is 23.5. The third-order valence-electron chi connectivity index (χ3n) is 5.91. The fourth-order valence-electron chi connectivity index (χ4n) is 3.94. The van der Waals surface area contributed by atoms with E-state index in [1.165, 1.54) is 22.3 Å². The van der Waals surface area contributed by atoms with Crippen molar-refractivity contribution >= 4 is 11.9 Å². The first-order valence-corrected chi connectivity index (χ1v) is 11.1. The van der Waals surface area contributed by atoms with Crippen molar-refractivity contribution in [2.75, 3.05) is 11.9 Å². The van der Waals surface area contributed by atoms with Gasteiger partial charge in [-0.3, -0.25) is 0 Å². The standard InChI is InChI=1S/C25H29N5O3/c1-6-11-32-24(31)22-18(5)26-25-27-28-29-30(25)23(22)19-7-9-21(10-8-19)33-14-20-13-16(3)15(2)12-17(20)4/h7-10,12-13,23H,6,11,14H2,1-5H3,(H,26,27,29). The summed E-state index contributed by atoms with van der Waals surface area (Å²) in [5.74, 6) is 0.853. The van der Waals surface area contributed by atoms with Crippen molar-refractivity contribution in [1.29, 1.82) is 0 Å². The molecule has 0 saturated heterocycles. The number of ether oxygens (including phenoxy) is 2. The number of anilines is 1. The number of allylic oxidation sites excluding steroid dienone is 1. The number of hydrogen-bond donors (Lipinski definition) is 1. The van der Waals surface area contributed by atoms with Crippen LogP contribution in [0, 0.1) is 20.8 Å². The second-order valence-electron chi connectivity index (χ2n) is 8.37. The largest absolute Gasteiger partial charge is 0.489 e. The predicted molar refractivity (Wildman–Crippen MR) is 125 cm³/mol. The minimum Gasteiger partial charge on any atom is -0.489 e. The Hall–Kier alpha value is -3.68. The fourth-order valence-corrected chi connectivity index (χ4v) is 3.94. The Morgan fingerprint density at radius 2 is 1.79 bits per heavy atom. The normalized spacial score (nSPS) is 15.1. The van der Waals surface area contributed by atoms with Crippen LogP contribution >= 0.6 is 0 Å². The zero-order valence-corrected chi connectivity index (χ0v) is 19.7. The van der Waals surface area contributed by atoms with Gasteiger partial charge in [-0.05, 0) is 84.5 Å². The quantitative estimate of drug-likeness (QED) is 0.536. The van der Waals surface area contributed by atoms with Crippen molar-refractivity contribution in [2.24, 2.45) is 0 Å². The highest BCUT2D eigenvalue weighted by atomic mass is 16.5. The lowest BCUT2D eigenvalue weighted by atomic mass is 9.95. The van der Waals surface area contributed by atoms with Crippen molar-refractivity contribution in [3.63, 3.8) is 0 Å². The molecule has 1 aliphatic rings. The van der Waals surface area contributed by atoms with Gasteiger partial charge < -0.3 is 14.8 Å². The van der Waals surface area contributed by atoms with E-state index in [-0.39, 0.29) is 5.97 Å². The lowest BCUT2D eigenvalue weighted by Gasteiger charge is -2.27. The topological polar surface area (TPSA) is 91.2 Å². The molecule has 3 aromatic rings. The Bertz CT molecular complexity index is 1200. The number of nitrogens with zero attached hydrogens (tertiary/aromatic N) is 4. The maximum Gasteiger partial charge on any atom is 0.338 e. The minimum absolute atomic E-state index is 0.357. The maximum atomic E-state index is 12.9. The van der Waals surface area contributed by atoms with Crippen molar-refractivity contribution in [3.8, 4) is 5.75 Å². The number of hydrogen-bond acceptors (Lipinski definition) is 7.